The van der Waals surface area contributed by atoms with Gasteiger partial charge in [0.15, 0.2) is 5.82 Å². The van der Waals surface area contributed by atoms with Gasteiger partial charge >= 0.3 is 0 Å². The van der Waals surface area contributed by atoms with Crippen LogP contribution in [0.2, 0.25) is 15.1 Å². The normalized spacial score (nSPS) is 10.6. The number of hydrogen-bond donors (Lipinski definition) is 0. The Morgan fingerprint density at radius 2 is 1.88 bits per heavy atom. The Balaban J connectivity index is 2.79. The Morgan fingerprint density at radius 1 is 1.18 bits per heavy atom. The molecule has 17 heavy (non-hydrogen) atoms. The molecule has 0 N–H and O–H groups in total. The van der Waals surface area contributed by atoms with E-state index in [2.05, 4.69) is 5.10 Å². The van der Waals surface area contributed by atoms with Crippen molar-refractivity contribution in [2.24, 2.45) is 0 Å². The summed E-state index contributed by atoms with van der Waals surface area (Å²) in [6.07, 6.45) is 1.15. The molecule has 0 saturated carbocycles. The van der Waals surface area contributed by atoms with Crippen LogP contribution in [0.4, 0.5) is 4.39 Å². The predicted octanol–water partition coefficient (Wildman–Crippen LogP) is 3.33. The summed E-state index contributed by atoms with van der Waals surface area (Å²) in [7, 11) is 0. The standard InChI is InChI=1S/C10H4Cl3FN2O/c11-5-2-1-3-7(14)9(5)16-10(17)8(13)6(12)4-15-16/h1-4H. The lowest BCUT2D eigenvalue weighted by Crippen LogP contribution is -2.22. The van der Waals surface area contributed by atoms with Gasteiger partial charge in [-0.25, -0.2) is 4.39 Å². The van der Waals surface area contributed by atoms with Crippen LogP contribution in [-0.2, 0) is 0 Å². The molecular weight excluding hydrogens is 289 g/mol. The maximum absolute atomic E-state index is 13.6. The zero-order chi connectivity index (χ0) is 12.6. The maximum atomic E-state index is 13.6. The van der Waals surface area contributed by atoms with Gasteiger partial charge in [-0.05, 0) is 12.1 Å². The number of hydrogen-bond acceptors (Lipinski definition) is 2. The first-order valence-corrected chi connectivity index (χ1v) is 5.53. The van der Waals surface area contributed by atoms with E-state index in [-0.39, 0.29) is 20.8 Å². The highest BCUT2D eigenvalue weighted by molar-refractivity contribution is 6.41. The summed E-state index contributed by atoms with van der Waals surface area (Å²) >= 11 is 17.1. The minimum Gasteiger partial charge on any atom is -0.266 e. The Hall–Kier alpha value is -1.10. The second kappa shape index (κ2) is 4.64. The molecule has 0 bridgehead atoms. The van der Waals surface area contributed by atoms with E-state index in [1.165, 1.54) is 12.1 Å². The fourth-order valence-corrected chi connectivity index (χ4v) is 1.76. The third-order valence-electron chi connectivity index (χ3n) is 2.03. The molecule has 2 aromatic rings. The zero-order valence-corrected chi connectivity index (χ0v) is 10.4. The van der Waals surface area contributed by atoms with E-state index in [0.717, 1.165) is 16.9 Å². The molecular formula is C10H4Cl3FN2O. The van der Waals surface area contributed by atoms with E-state index in [0.29, 0.717) is 0 Å². The molecule has 88 valence electrons. The molecule has 1 heterocycles. The van der Waals surface area contributed by atoms with Gasteiger partial charge in [-0.3, -0.25) is 4.79 Å². The molecule has 0 aliphatic carbocycles. The highest BCUT2D eigenvalue weighted by Crippen LogP contribution is 2.23. The van der Waals surface area contributed by atoms with Crippen LogP contribution in [0, 0.1) is 5.82 Å². The lowest BCUT2D eigenvalue weighted by atomic mass is 10.3. The van der Waals surface area contributed by atoms with Crippen molar-refractivity contribution < 1.29 is 4.39 Å². The zero-order valence-electron chi connectivity index (χ0n) is 8.12. The summed E-state index contributed by atoms with van der Waals surface area (Å²) in [4.78, 5) is 11.8. The third-order valence-corrected chi connectivity index (χ3v) is 3.08. The van der Waals surface area contributed by atoms with Gasteiger partial charge < -0.3 is 0 Å². The molecule has 0 fully saturated rings. The molecule has 1 aromatic heterocycles. The van der Waals surface area contributed by atoms with Crippen molar-refractivity contribution in [2.45, 2.75) is 0 Å². The molecule has 0 aliphatic heterocycles. The quantitative estimate of drug-likeness (QED) is 0.808. The Bertz CT molecular complexity index is 622. The van der Waals surface area contributed by atoms with E-state index in [4.69, 9.17) is 34.8 Å². The van der Waals surface area contributed by atoms with Gasteiger partial charge in [0.1, 0.15) is 10.7 Å². The molecule has 0 saturated heterocycles. The lowest BCUT2D eigenvalue weighted by Gasteiger charge is -2.08. The van der Waals surface area contributed by atoms with Gasteiger partial charge in [0, 0.05) is 0 Å². The van der Waals surface area contributed by atoms with Crippen molar-refractivity contribution >= 4 is 34.8 Å². The van der Waals surface area contributed by atoms with E-state index in [9.17, 15) is 9.18 Å². The SMILES string of the molecule is O=c1c(Cl)c(Cl)cnn1-c1c(F)cccc1Cl. The van der Waals surface area contributed by atoms with Crippen LogP contribution < -0.4 is 5.56 Å². The van der Waals surface area contributed by atoms with Crippen LogP contribution in [0.1, 0.15) is 0 Å². The summed E-state index contributed by atoms with van der Waals surface area (Å²) in [5.74, 6) is -0.675. The van der Waals surface area contributed by atoms with Crippen molar-refractivity contribution in [2.75, 3.05) is 0 Å². The first-order valence-electron chi connectivity index (χ1n) is 4.40. The van der Waals surface area contributed by atoms with Gasteiger partial charge in [0.05, 0.1) is 16.2 Å². The Morgan fingerprint density at radius 3 is 2.53 bits per heavy atom. The minimum atomic E-state index is -0.730. The van der Waals surface area contributed by atoms with Crippen LogP contribution in [-0.4, -0.2) is 9.78 Å². The molecule has 7 heteroatoms. The number of rotatable bonds is 1. The van der Waals surface area contributed by atoms with E-state index >= 15 is 0 Å². The van der Waals surface area contributed by atoms with Crippen molar-refractivity contribution in [3.8, 4) is 5.69 Å². The average Bonchev–Trinajstić information content (AvgIpc) is 2.29. The molecule has 0 unspecified atom stereocenters. The molecule has 0 amide bonds. The van der Waals surface area contributed by atoms with Crippen molar-refractivity contribution in [1.29, 1.82) is 0 Å². The second-order valence-electron chi connectivity index (χ2n) is 3.09. The summed E-state index contributed by atoms with van der Waals surface area (Å²) in [6, 6.07) is 4.03. The first kappa shape index (κ1) is 12.4. The van der Waals surface area contributed by atoms with E-state index in [1.54, 1.807) is 0 Å². The third kappa shape index (κ3) is 2.16. The van der Waals surface area contributed by atoms with Crippen molar-refractivity contribution in [3.05, 3.63) is 55.6 Å². The number of halogens is 4. The summed E-state index contributed by atoms with van der Waals surface area (Å²) in [5, 5.41) is 3.51. The Kier molecular flexibility index (Phi) is 3.38. The number of para-hydroxylation sites is 1. The number of benzene rings is 1. The fourth-order valence-electron chi connectivity index (χ4n) is 1.26. The fraction of sp³-hybridized carbons (Fsp3) is 0. The summed E-state index contributed by atoms with van der Waals surface area (Å²) in [5.41, 5.74) is -0.885. The van der Waals surface area contributed by atoms with Crippen molar-refractivity contribution in [1.82, 2.24) is 9.78 Å². The molecule has 2 rings (SSSR count). The monoisotopic (exact) mass is 292 g/mol. The van der Waals surface area contributed by atoms with Crippen LogP contribution in [0.5, 0.6) is 0 Å². The topological polar surface area (TPSA) is 34.9 Å². The highest BCUT2D eigenvalue weighted by atomic mass is 35.5. The van der Waals surface area contributed by atoms with Crippen molar-refractivity contribution in [3.63, 3.8) is 0 Å². The summed E-state index contributed by atoms with van der Waals surface area (Å²) < 4.78 is 14.4. The van der Waals surface area contributed by atoms with Gasteiger partial charge in [-0.1, -0.05) is 40.9 Å². The van der Waals surface area contributed by atoms with Crippen LogP contribution in [0.15, 0.2) is 29.2 Å². The van der Waals surface area contributed by atoms with Crippen LogP contribution in [0.3, 0.4) is 0 Å². The molecule has 0 atom stereocenters. The smallest absolute Gasteiger partial charge is 0.266 e. The second-order valence-corrected chi connectivity index (χ2v) is 4.29. The predicted molar refractivity (Wildman–Crippen MR) is 64.8 cm³/mol. The van der Waals surface area contributed by atoms with Gasteiger partial charge in [-0.15, -0.1) is 0 Å². The average molecular weight is 294 g/mol. The van der Waals surface area contributed by atoms with E-state index < -0.39 is 11.4 Å². The molecule has 1 aromatic carbocycles. The Labute approximate surface area is 110 Å². The maximum Gasteiger partial charge on any atom is 0.291 e. The van der Waals surface area contributed by atoms with Gasteiger partial charge in [-0.2, -0.15) is 9.78 Å². The molecule has 3 nitrogen and oxygen atoms in total. The number of aromatic nitrogens is 2. The molecule has 0 spiro atoms. The molecule has 0 radical (unpaired) electrons. The number of nitrogens with zero attached hydrogens (tertiary/aromatic N) is 2. The first-order chi connectivity index (χ1) is 8.02. The highest BCUT2D eigenvalue weighted by Gasteiger charge is 2.15. The lowest BCUT2D eigenvalue weighted by molar-refractivity contribution is 0.605. The minimum absolute atomic E-state index is 0.000350. The molecule has 0 aliphatic rings. The van der Waals surface area contributed by atoms with Crippen LogP contribution in [0.25, 0.3) is 5.69 Å². The van der Waals surface area contributed by atoms with Crippen LogP contribution >= 0.6 is 34.8 Å². The van der Waals surface area contributed by atoms with Gasteiger partial charge in [0.2, 0.25) is 0 Å². The van der Waals surface area contributed by atoms with Gasteiger partial charge in [0.25, 0.3) is 5.56 Å². The summed E-state index contributed by atoms with van der Waals surface area (Å²) in [6.45, 7) is 0. The largest absolute Gasteiger partial charge is 0.291 e. The van der Waals surface area contributed by atoms with E-state index in [1.807, 2.05) is 0 Å².